The fraction of sp³-hybridized carbons (Fsp3) is 0.512. The van der Waals surface area contributed by atoms with Gasteiger partial charge in [-0.05, 0) is 88.6 Å². The number of aryl methyl sites for hydroxylation is 2. The van der Waals surface area contributed by atoms with Crippen molar-refractivity contribution in [3.05, 3.63) is 65.1 Å². The molecule has 1 aromatic carbocycles. The van der Waals surface area contributed by atoms with Crippen LogP contribution in [-0.4, -0.2) is 112 Å². The molecule has 3 atom stereocenters. The van der Waals surface area contributed by atoms with Crippen molar-refractivity contribution in [1.82, 2.24) is 40.7 Å². The van der Waals surface area contributed by atoms with Gasteiger partial charge in [0.1, 0.15) is 29.5 Å². The van der Waals surface area contributed by atoms with Gasteiger partial charge in [-0.15, -0.1) is 0 Å². The number of anilines is 4. The Labute approximate surface area is 352 Å². The minimum absolute atomic E-state index is 0.132. The smallest absolute Gasteiger partial charge is 0.330 e. The fourth-order valence-electron chi connectivity index (χ4n) is 7.28. The highest BCUT2D eigenvalue weighted by Crippen LogP contribution is 2.33. The summed E-state index contributed by atoms with van der Waals surface area (Å²) in [6.07, 6.45) is 4.69. The number of hydrogen-bond acceptors (Lipinski definition) is 10. The van der Waals surface area contributed by atoms with Crippen molar-refractivity contribution in [2.45, 2.75) is 105 Å². The number of urea groups is 1. The van der Waals surface area contributed by atoms with Crippen molar-refractivity contribution in [3.63, 3.8) is 0 Å². The summed E-state index contributed by atoms with van der Waals surface area (Å²) in [6, 6.07) is 5.78. The van der Waals surface area contributed by atoms with Gasteiger partial charge >= 0.3 is 6.03 Å². The number of rotatable bonds is 14. The van der Waals surface area contributed by atoms with Gasteiger partial charge in [0, 0.05) is 56.4 Å². The van der Waals surface area contributed by atoms with Crippen molar-refractivity contribution in [2.75, 3.05) is 42.8 Å². The minimum atomic E-state index is -1.40. The van der Waals surface area contributed by atoms with Gasteiger partial charge in [-0.1, -0.05) is 33.8 Å². The van der Waals surface area contributed by atoms with E-state index in [2.05, 4.69) is 36.2 Å². The first-order valence-corrected chi connectivity index (χ1v) is 20.3. The summed E-state index contributed by atoms with van der Waals surface area (Å²) in [5.74, 6) is -1.66. The average Bonchev–Trinajstić information content (AvgIpc) is 3.69. The largest absolute Gasteiger partial charge is 0.347 e. The molecule has 2 aliphatic heterocycles. The normalized spacial score (nSPS) is 16.3. The van der Waals surface area contributed by atoms with E-state index in [0.717, 1.165) is 11.3 Å². The molecule has 2 aliphatic rings. The SMILES string of the molecule is Cc1ccc(Nc2ncc3c(n2)N(C)C(=O)N(c2cc(C(=O)N[C@@H](C(=O)N4CCCC4C(=O)NC(C)(C)C(=O)N[C@H](CC(C)C)C(=O)N(C)C)C(C)C)ccc2C)C3)cn1. The van der Waals surface area contributed by atoms with E-state index in [1.807, 2.05) is 53.7 Å². The predicted molar refractivity (Wildman–Crippen MR) is 229 cm³/mol. The summed E-state index contributed by atoms with van der Waals surface area (Å²) in [4.78, 5) is 101. The maximum absolute atomic E-state index is 14.2. The zero-order chi connectivity index (χ0) is 44.2. The molecule has 1 fully saturated rings. The number of hydrogen-bond donors (Lipinski definition) is 4. The summed E-state index contributed by atoms with van der Waals surface area (Å²) >= 11 is 0. The molecule has 0 bridgehead atoms. The lowest BCUT2D eigenvalue weighted by Crippen LogP contribution is -2.62. The lowest BCUT2D eigenvalue weighted by atomic mass is 9.98. The molecule has 1 unspecified atom stereocenters. The minimum Gasteiger partial charge on any atom is -0.347 e. The van der Waals surface area contributed by atoms with Crippen molar-refractivity contribution in [3.8, 4) is 0 Å². The third kappa shape index (κ3) is 10.2. The first-order valence-electron chi connectivity index (χ1n) is 20.3. The number of aromatic nitrogens is 3. The summed E-state index contributed by atoms with van der Waals surface area (Å²) in [7, 11) is 4.87. The number of carbonyl (C=O) groups excluding carboxylic acids is 6. The van der Waals surface area contributed by atoms with E-state index in [1.165, 1.54) is 14.7 Å². The van der Waals surface area contributed by atoms with E-state index in [-0.39, 0.29) is 35.9 Å². The Bertz CT molecular complexity index is 2120. The first kappa shape index (κ1) is 45.0. The first-order chi connectivity index (χ1) is 28.2. The van der Waals surface area contributed by atoms with Gasteiger partial charge in [-0.3, -0.25) is 38.8 Å². The molecular weight excluding hydrogens is 767 g/mol. The summed E-state index contributed by atoms with van der Waals surface area (Å²) in [5, 5.41) is 11.6. The zero-order valence-corrected chi connectivity index (χ0v) is 36.5. The lowest BCUT2D eigenvalue weighted by Gasteiger charge is -2.35. The Morgan fingerprint density at radius 2 is 1.68 bits per heavy atom. The molecule has 322 valence electrons. The Morgan fingerprint density at radius 3 is 2.32 bits per heavy atom. The third-order valence-electron chi connectivity index (χ3n) is 10.7. The van der Waals surface area contributed by atoms with Crippen molar-refractivity contribution in [1.29, 1.82) is 0 Å². The number of carbonyl (C=O) groups is 6. The molecule has 17 nitrogen and oxygen atoms in total. The van der Waals surface area contributed by atoms with Crippen LogP contribution >= 0.6 is 0 Å². The number of nitrogens with zero attached hydrogens (tertiary/aromatic N) is 7. The number of pyridine rings is 1. The molecule has 0 aliphatic carbocycles. The van der Waals surface area contributed by atoms with Crippen LogP contribution in [0.1, 0.15) is 88.0 Å². The number of likely N-dealkylation sites (tertiary alicyclic amines) is 1. The number of amides is 7. The van der Waals surface area contributed by atoms with E-state index in [1.54, 1.807) is 70.5 Å². The Hall–Kier alpha value is -6.13. The maximum atomic E-state index is 14.2. The van der Waals surface area contributed by atoms with Crippen molar-refractivity contribution < 1.29 is 28.8 Å². The quantitative estimate of drug-likeness (QED) is 0.184. The molecule has 7 amide bonds. The molecule has 2 aromatic heterocycles. The highest BCUT2D eigenvalue weighted by atomic mass is 16.2. The molecule has 0 spiro atoms. The summed E-state index contributed by atoms with van der Waals surface area (Å²) in [5.41, 5.74) is 2.38. The van der Waals surface area contributed by atoms with Crippen LogP contribution in [0.5, 0.6) is 0 Å². The number of fused-ring (bicyclic) bond motifs is 1. The average molecular weight is 826 g/mol. The van der Waals surface area contributed by atoms with Gasteiger partial charge in [0.15, 0.2) is 0 Å². The molecule has 4 N–H and O–H groups in total. The van der Waals surface area contributed by atoms with Crippen LogP contribution in [-0.2, 0) is 25.7 Å². The highest BCUT2D eigenvalue weighted by molar-refractivity contribution is 6.07. The molecule has 4 heterocycles. The number of benzene rings is 1. The predicted octanol–water partition coefficient (Wildman–Crippen LogP) is 4.07. The molecule has 17 heteroatoms. The fourth-order valence-corrected chi connectivity index (χ4v) is 7.28. The van der Waals surface area contributed by atoms with E-state index >= 15 is 0 Å². The van der Waals surface area contributed by atoms with Gasteiger partial charge < -0.3 is 31.1 Å². The lowest BCUT2D eigenvalue weighted by molar-refractivity contribution is -0.143. The topological polar surface area (TPSA) is 202 Å². The second-order valence-corrected chi connectivity index (χ2v) is 17.2. The monoisotopic (exact) mass is 825 g/mol. The third-order valence-corrected chi connectivity index (χ3v) is 10.7. The van der Waals surface area contributed by atoms with Gasteiger partial charge in [-0.25, -0.2) is 9.78 Å². The van der Waals surface area contributed by atoms with Gasteiger partial charge in [0.2, 0.25) is 29.6 Å². The van der Waals surface area contributed by atoms with E-state index < -0.39 is 47.3 Å². The van der Waals surface area contributed by atoms with Crippen LogP contribution in [0.15, 0.2) is 42.7 Å². The number of likely N-dealkylation sites (N-methyl/N-ethyl adjacent to an activating group) is 1. The number of nitrogens with one attached hydrogen (secondary N) is 4. The van der Waals surface area contributed by atoms with Gasteiger partial charge in [0.05, 0.1) is 18.4 Å². The molecule has 0 radical (unpaired) electrons. The van der Waals surface area contributed by atoms with Crippen molar-refractivity contribution >= 4 is 58.7 Å². The van der Waals surface area contributed by atoms with E-state index in [9.17, 15) is 28.8 Å². The van der Waals surface area contributed by atoms with Crippen LogP contribution in [0.3, 0.4) is 0 Å². The van der Waals surface area contributed by atoms with Crippen LogP contribution in [0.25, 0.3) is 0 Å². The molecule has 0 saturated carbocycles. The summed E-state index contributed by atoms with van der Waals surface area (Å²) < 4.78 is 0. The van der Waals surface area contributed by atoms with Crippen LogP contribution in [0.4, 0.5) is 27.9 Å². The summed E-state index contributed by atoms with van der Waals surface area (Å²) in [6.45, 7) is 14.8. The van der Waals surface area contributed by atoms with Crippen LogP contribution in [0.2, 0.25) is 0 Å². The standard InChI is InChI=1S/C43H59N11O6/c1-24(2)19-31(38(57)51(9)10)47-40(59)43(7,8)50-37(56)32-13-12-18-53(32)39(58)34(25(3)4)48-36(55)28-16-14-26(5)33(20-28)54-23-29-21-45-41(49-35(29)52(11)42(54)60)46-30-17-15-27(6)44-22-30/h14-17,20-22,24-25,31-32,34H,12-13,18-19,23H2,1-11H3,(H,47,59)(H,48,55)(H,50,56)(H,45,46,49)/t31-,32?,34-/m1/s1. The molecular formula is C43H59N11O6. The second-order valence-electron chi connectivity index (χ2n) is 17.2. The molecule has 5 rings (SSSR count). The van der Waals surface area contributed by atoms with E-state index in [4.69, 9.17) is 0 Å². The second kappa shape index (κ2) is 18.4. The van der Waals surface area contributed by atoms with E-state index in [0.29, 0.717) is 54.5 Å². The highest BCUT2D eigenvalue weighted by Gasteiger charge is 2.42. The van der Waals surface area contributed by atoms with Crippen molar-refractivity contribution in [2.24, 2.45) is 11.8 Å². The van der Waals surface area contributed by atoms with Crippen LogP contribution in [0, 0.1) is 25.7 Å². The Morgan fingerprint density at radius 1 is 0.967 bits per heavy atom. The molecule has 3 aromatic rings. The Balaban J connectivity index is 1.28. The maximum Gasteiger partial charge on any atom is 0.330 e. The Kier molecular flexibility index (Phi) is 13.8. The van der Waals surface area contributed by atoms with Crippen LogP contribution < -0.4 is 31.1 Å². The molecule has 1 saturated heterocycles. The van der Waals surface area contributed by atoms with Gasteiger partial charge in [-0.2, -0.15) is 4.98 Å². The van der Waals surface area contributed by atoms with Gasteiger partial charge in [0.25, 0.3) is 5.91 Å². The zero-order valence-electron chi connectivity index (χ0n) is 36.5. The molecule has 60 heavy (non-hydrogen) atoms.